The molecule has 26 heavy (non-hydrogen) atoms. The summed E-state index contributed by atoms with van der Waals surface area (Å²) in [7, 11) is 0. The SMILES string of the molecule is CCCCCCCCCCCCCCCCOCCOC(C)OC(C)O. The molecule has 158 valence electrons. The molecular weight excluding hydrogens is 328 g/mol. The minimum absolute atomic E-state index is 0.389. The van der Waals surface area contributed by atoms with Crippen LogP contribution in [0, 0.1) is 0 Å². The molecule has 0 fully saturated rings. The van der Waals surface area contributed by atoms with Crippen LogP contribution in [0.5, 0.6) is 0 Å². The molecule has 1 N–H and O–H groups in total. The largest absolute Gasteiger partial charge is 0.379 e. The van der Waals surface area contributed by atoms with Crippen molar-refractivity contribution in [2.45, 2.75) is 123 Å². The van der Waals surface area contributed by atoms with Gasteiger partial charge in [-0.15, -0.1) is 0 Å². The summed E-state index contributed by atoms with van der Waals surface area (Å²) in [5.74, 6) is 0. The lowest BCUT2D eigenvalue weighted by atomic mass is 10.0. The van der Waals surface area contributed by atoms with E-state index in [4.69, 9.17) is 19.3 Å². The van der Waals surface area contributed by atoms with E-state index in [1.54, 1.807) is 13.8 Å². The van der Waals surface area contributed by atoms with Gasteiger partial charge in [0.05, 0.1) is 13.2 Å². The van der Waals surface area contributed by atoms with E-state index in [-0.39, 0.29) is 6.29 Å². The second kappa shape index (κ2) is 21.1. The summed E-state index contributed by atoms with van der Waals surface area (Å²) in [5.41, 5.74) is 0. The number of aliphatic hydroxyl groups excluding tert-OH is 1. The Balaban J connectivity index is 3.05. The van der Waals surface area contributed by atoms with Crippen molar-refractivity contribution in [2.75, 3.05) is 19.8 Å². The fourth-order valence-corrected chi connectivity index (χ4v) is 3.09. The van der Waals surface area contributed by atoms with Gasteiger partial charge in [-0.3, -0.25) is 0 Å². The molecule has 0 aromatic heterocycles. The van der Waals surface area contributed by atoms with Gasteiger partial charge in [0.25, 0.3) is 0 Å². The van der Waals surface area contributed by atoms with Crippen LogP contribution in [0.4, 0.5) is 0 Å². The van der Waals surface area contributed by atoms with Crippen molar-refractivity contribution in [1.82, 2.24) is 0 Å². The molecule has 0 aliphatic carbocycles. The standard InChI is InChI=1S/C22H46O4/c1-4-5-6-7-8-9-10-11-12-13-14-15-16-17-18-24-19-20-25-22(3)26-21(2)23/h21-23H,4-20H2,1-3H3. The third-order valence-electron chi connectivity index (χ3n) is 4.61. The highest BCUT2D eigenvalue weighted by atomic mass is 16.7. The number of hydrogen-bond acceptors (Lipinski definition) is 4. The molecule has 0 rings (SSSR count). The molecule has 0 aromatic carbocycles. The topological polar surface area (TPSA) is 47.9 Å². The Labute approximate surface area is 163 Å². The lowest BCUT2D eigenvalue weighted by Crippen LogP contribution is -2.21. The molecule has 4 nitrogen and oxygen atoms in total. The van der Waals surface area contributed by atoms with E-state index in [2.05, 4.69) is 6.92 Å². The molecule has 0 aliphatic rings. The number of aliphatic hydroxyl groups is 1. The van der Waals surface area contributed by atoms with E-state index in [1.165, 1.54) is 83.5 Å². The molecular formula is C22H46O4. The van der Waals surface area contributed by atoms with Gasteiger partial charge in [-0.2, -0.15) is 0 Å². The third kappa shape index (κ3) is 21.9. The number of ether oxygens (including phenoxy) is 3. The molecule has 0 aliphatic heterocycles. The van der Waals surface area contributed by atoms with Gasteiger partial charge in [-0.1, -0.05) is 90.4 Å². The van der Waals surface area contributed by atoms with Crippen LogP contribution >= 0.6 is 0 Å². The van der Waals surface area contributed by atoms with E-state index in [1.807, 2.05) is 0 Å². The Morgan fingerprint density at radius 3 is 1.54 bits per heavy atom. The lowest BCUT2D eigenvalue weighted by molar-refractivity contribution is -0.216. The van der Waals surface area contributed by atoms with Crippen molar-refractivity contribution in [3.8, 4) is 0 Å². The van der Waals surface area contributed by atoms with Crippen molar-refractivity contribution >= 4 is 0 Å². The van der Waals surface area contributed by atoms with Gasteiger partial charge >= 0.3 is 0 Å². The molecule has 0 radical (unpaired) electrons. The van der Waals surface area contributed by atoms with Crippen LogP contribution in [-0.2, 0) is 14.2 Å². The van der Waals surface area contributed by atoms with Crippen LogP contribution < -0.4 is 0 Å². The summed E-state index contributed by atoms with van der Waals surface area (Å²) in [4.78, 5) is 0. The first kappa shape index (κ1) is 25.8. The van der Waals surface area contributed by atoms with E-state index in [0.717, 1.165) is 13.0 Å². The van der Waals surface area contributed by atoms with Gasteiger partial charge in [0.15, 0.2) is 12.6 Å². The lowest BCUT2D eigenvalue weighted by Gasteiger charge is -2.15. The molecule has 0 amide bonds. The van der Waals surface area contributed by atoms with Crippen molar-refractivity contribution < 1.29 is 19.3 Å². The maximum Gasteiger partial charge on any atom is 0.158 e. The average Bonchev–Trinajstić information content (AvgIpc) is 2.60. The van der Waals surface area contributed by atoms with Gasteiger partial charge in [0.2, 0.25) is 0 Å². The molecule has 0 heterocycles. The minimum atomic E-state index is -0.790. The molecule has 0 spiro atoms. The maximum atomic E-state index is 9.04. The van der Waals surface area contributed by atoms with Gasteiger partial charge in [0.1, 0.15) is 0 Å². The Bertz CT molecular complexity index is 259. The molecule has 0 aromatic rings. The Morgan fingerprint density at radius 1 is 0.615 bits per heavy atom. The fraction of sp³-hybridized carbons (Fsp3) is 1.00. The second-order valence-electron chi connectivity index (χ2n) is 7.38. The monoisotopic (exact) mass is 374 g/mol. The van der Waals surface area contributed by atoms with Crippen LogP contribution in [0.1, 0.15) is 111 Å². The summed E-state index contributed by atoms with van der Waals surface area (Å²) in [6.45, 7) is 7.54. The first-order valence-corrected chi connectivity index (χ1v) is 11.2. The molecule has 0 saturated heterocycles. The zero-order valence-electron chi connectivity index (χ0n) is 17.8. The molecule has 0 bridgehead atoms. The van der Waals surface area contributed by atoms with Gasteiger partial charge < -0.3 is 19.3 Å². The Morgan fingerprint density at radius 2 is 1.08 bits per heavy atom. The normalized spacial score (nSPS) is 13.8. The van der Waals surface area contributed by atoms with E-state index in [0.29, 0.717) is 13.2 Å². The Hall–Kier alpha value is -0.160. The summed E-state index contributed by atoms with van der Waals surface area (Å²) in [6, 6.07) is 0. The zero-order chi connectivity index (χ0) is 19.3. The van der Waals surface area contributed by atoms with Gasteiger partial charge in [-0.05, 0) is 20.3 Å². The summed E-state index contributed by atoms with van der Waals surface area (Å²) in [6.07, 6.45) is 18.1. The maximum absolute atomic E-state index is 9.04. The van der Waals surface area contributed by atoms with E-state index >= 15 is 0 Å². The summed E-state index contributed by atoms with van der Waals surface area (Å²) in [5, 5.41) is 9.04. The fourth-order valence-electron chi connectivity index (χ4n) is 3.09. The van der Waals surface area contributed by atoms with Crippen molar-refractivity contribution in [1.29, 1.82) is 0 Å². The molecule has 4 heteroatoms. The highest BCUT2D eigenvalue weighted by molar-refractivity contribution is 4.49. The average molecular weight is 375 g/mol. The first-order chi connectivity index (χ1) is 12.7. The predicted octanol–water partition coefficient (Wildman–Crippen LogP) is 6.20. The molecule has 2 atom stereocenters. The van der Waals surface area contributed by atoms with Crippen LogP contribution in [0.15, 0.2) is 0 Å². The predicted molar refractivity (Wildman–Crippen MR) is 109 cm³/mol. The second-order valence-corrected chi connectivity index (χ2v) is 7.38. The first-order valence-electron chi connectivity index (χ1n) is 11.2. The van der Waals surface area contributed by atoms with Crippen LogP contribution in [0.25, 0.3) is 0 Å². The molecule has 2 unspecified atom stereocenters. The zero-order valence-corrected chi connectivity index (χ0v) is 17.8. The minimum Gasteiger partial charge on any atom is -0.379 e. The van der Waals surface area contributed by atoms with E-state index in [9.17, 15) is 0 Å². The summed E-state index contributed by atoms with van der Waals surface area (Å²) >= 11 is 0. The highest BCUT2D eigenvalue weighted by Crippen LogP contribution is 2.12. The smallest absolute Gasteiger partial charge is 0.158 e. The van der Waals surface area contributed by atoms with Gasteiger partial charge in [-0.25, -0.2) is 0 Å². The van der Waals surface area contributed by atoms with Crippen molar-refractivity contribution in [2.24, 2.45) is 0 Å². The quantitative estimate of drug-likeness (QED) is 0.192. The van der Waals surface area contributed by atoms with Crippen molar-refractivity contribution in [3.05, 3.63) is 0 Å². The van der Waals surface area contributed by atoms with Crippen LogP contribution in [0.2, 0.25) is 0 Å². The molecule has 0 saturated carbocycles. The van der Waals surface area contributed by atoms with Gasteiger partial charge in [0, 0.05) is 6.61 Å². The third-order valence-corrected chi connectivity index (χ3v) is 4.61. The number of hydrogen-bond donors (Lipinski definition) is 1. The number of rotatable bonds is 21. The Kier molecular flexibility index (Phi) is 21.0. The number of unbranched alkanes of at least 4 members (excludes halogenated alkanes) is 13. The summed E-state index contributed by atoms with van der Waals surface area (Å²) < 4.78 is 16.0. The highest BCUT2D eigenvalue weighted by Gasteiger charge is 2.04. The van der Waals surface area contributed by atoms with E-state index < -0.39 is 6.29 Å². The van der Waals surface area contributed by atoms with Crippen LogP contribution in [-0.4, -0.2) is 37.5 Å². The van der Waals surface area contributed by atoms with Crippen molar-refractivity contribution in [3.63, 3.8) is 0 Å². The van der Waals surface area contributed by atoms with Crippen LogP contribution in [0.3, 0.4) is 0 Å².